The van der Waals surface area contributed by atoms with Gasteiger partial charge in [0.05, 0.1) is 13.2 Å². The Morgan fingerprint density at radius 2 is 1.42 bits per heavy atom. The summed E-state index contributed by atoms with van der Waals surface area (Å²) in [5.74, 6) is 0.0866. The van der Waals surface area contributed by atoms with Gasteiger partial charge in [0.2, 0.25) is 0 Å². The summed E-state index contributed by atoms with van der Waals surface area (Å²) in [5, 5.41) is 2.34. The van der Waals surface area contributed by atoms with Crippen LogP contribution >= 0.6 is 0 Å². The largest absolute Gasteiger partial charge is 0.490 e. The fourth-order valence-corrected chi connectivity index (χ4v) is 3.09. The highest BCUT2D eigenvalue weighted by Gasteiger charge is 2.14. The highest BCUT2D eigenvalue weighted by atomic mass is 19.1. The van der Waals surface area contributed by atoms with Crippen LogP contribution in [-0.4, -0.2) is 20.3 Å². The molecule has 0 aromatic heterocycles. The zero-order chi connectivity index (χ0) is 18.7. The zero-order valence-corrected chi connectivity index (χ0v) is 15.4. The van der Waals surface area contributed by atoms with Gasteiger partial charge in [0, 0.05) is 17.9 Å². The third-order valence-electron chi connectivity index (χ3n) is 4.64. The first-order chi connectivity index (χ1) is 12.5. The predicted octanol–water partition coefficient (Wildman–Crippen LogP) is 5.89. The molecule has 0 spiro atoms. The van der Waals surface area contributed by atoms with Crippen LogP contribution < -0.4 is 4.74 Å². The van der Waals surface area contributed by atoms with Crippen LogP contribution in [0.5, 0.6) is 5.75 Å². The molecule has 0 atom stereocenters. The van der Waals surface area contributed by atoms with E-state index in [0.29, 0.717) is 52.7 Å². The number of ether oxygens (including phenoxy) is 2. The van der Waals surface area contributed by atoms with Crippen LogP contribution in [0.4, 0.5) is 8.78 Å². The first-order valence-electron chi connectivity index (χ1n) is 8.97. The summed E-state index contributed by atoms with van der Waals surface area (Å²) in [4.78, 5) is 0. The average Bonchev–Trinajstić information content (AvgIpc) is 2.62. The van der Waals surface area contributed by atoms with Crippen LogP contribution in [0.2, 0.25) is 0 Å². The molecule has 0 bridgehead atoms. The minimum Gasteiger partial charge on any atom is -0.490 e. The maximum Gasteiger partial charge on any atom is 0.172 e. The summed E-state index contributed by atoms with van der Waals surface area (Å²) in [6, 6.07) is 10.3. The Morgan fingerprint density at radius 3 is 2.08 bits per heavy atom. The van der Waals surface area contributed by atoms with Crippen molar-refractivity contribution in [2.24, 2.45) is 5.92 Å². The molecule has 4 heteroatoms. The molecule has 0 aliphatic heterocycles. The highest BCUT2D eigenvalue weighted by Crippen LogP contribution is 2.33. The van der Waals surface area contributed by atoms with Crippen molar-refractivity contribution < 1.29 is 18.3 Å². The third-order valence-corrected chi connectivity index (χ3v) is 4.64. The second-order valence-electron chi connectivity index (χ2n) is 6.95. The summed E-state index contributed by atoms with van der Waals surface area (Å²) < 4.78 is 40.2. The van der Waals surface area contributed by atoms with Crippen molar-refractivity contribution in [3.8, 4) is 5.75 Å². The van der Waals surface area contributed by atoms with E-state index in [1.807, 2.05) is 6.07 Å². The lowest BCUT2D eigenvalue weighted by Gasteiger charge is -2.13. The third kappa shape index (κ3) is 3.65. The monoisotopic (exact) mass is 358 g/mol. The van der Waals surface area contributed by atoms with E-state index < -0.39 is 5.82 Å². The van der Waals surface area contributed by atoms with Gasteiger partial charge in [-0.1, -0.05) is 38.1 Å². The Morgan fingerprint density at radius 1 is 0.808 bits per heavy atom. The Kier molecular flexibility index (Phi) is 5.72. The van der Waals surface area contributed by atoms with Crippen molar-refractivity contribution in [2.75, 3.05) is 20.3 Å². The average molecular weight is 358 g/mol. The van der Waals surface area contributed by atoms with Gasteiger partial charge in [-0.05, 0) is 47.2 Å². The summed E-state index contributed by atoms with van der Waals surface area (Å²) in [7, 11) is 1.59. The van der Waals surface area contributed by atoms with E-state index in [-0.39, 0.29) is 11.6 Å². The van der Waals surface area contributed by atoms with Crippen molar-refractivity contribution in [2.45, 2.75) is 26.7 Å². The van der Waals surface area contributed by atoms with Gasteiger partial charge in [0.1, 0.15) is 5.82 Å². The lowest BCUT2D eigenvalue weighted by Crippen LogP contribution is -2.03. The van der Waals surface area contributed by atoms with E-state index in [0.717, 1.165) is 6.42 Å². The molecule has 0 fully saturated rings. The Hall–Kier alpha value is -2.20. The van der Waals surface area contributed by atoms with Crippen molar-refractivity contribution >= 4 is 21.5 Å². The normalized spacial score (nSPS) is 11.6. The van der Waals surface area contributed by atoms with Gasteiger partial charge in [-0.25, -0.2) is 8.78 Å². The van der Waals surface area contributed by atoms with E-state index in [4.69, 9.17) is 9.47 Å². The summed E-state index contributed by atoms with van der Waals surface area (Å²) in [5.41, 5.74) is 0.604. The maximum absolute atomic E-state index is 14.8. The molecule has 0 heterocycles. The van der Waals surface area contributed by atoms with Crippen molar-refractivity contribution in [1.82, 2.24) is 0 Å². The summed E-state index contributed by atoms with van der Waals surface area (Å²) in [6.07, 6.45) is 1.37. The van der Waals surface area contributed by atoms with Crippen LogP contribution in [0.1, 0.15) is 25.8 Å². The van der Waals surface area contributed by atoms with E-state index in [1.165, 1.54) is 0 Å². The van der Waals surface area contributed by atoms with Crippen molar-refractivity contribution in [1.29, 1.82) is 0 Å². The topological polar surface area (TPSA) is 18.5 Å². The zero-order valence-electron chi connectivity index (χ0n) is 15.4. The molecule has 2 nitrogen and oxygen atoms in total. The van der Waals surface area contributed by atoms with Gasteiger partial charge in [-0.2, -0.15) is 0 Å². The molecule has 3 aromatic rings. The van der Waals surface area contributed by atoms with Gasteiger partial charge in [0.25, 0.3) is 0 Å². The Labute approximate surface area is 152 Å². The quantitative estimate of drug-likeness (QED) is 0.491. The van der Waals surface area contributed by atoms with Gasteiger partial charge >= 0.3 is 0 Å². The fraction of sp³-hybridized carbons (Fsp3) is 0.364. The lowest BCUT2D eigenvalue weighted by molar-refractivity contribution is 0.201. The van der Waals surface area contributed by atoms with Crippen LogP contribution in [0.15, 0.2) is 36.4 Å². The maximum atomic E-state index is 14.8. The second-order valence-corrected chi connectivity index (χ2v) is 6.95. The summed E-state index contributed by atoms with van der Waals surface area (Å²) >= 11 is 0. The number of hydrogen-bond donors (Lipinski definition) is 0. The number of hydrogen-bond acceptors (Lipinski definition) is 2. The molecule has 0 saturated carbocycles. The highest BCUT2D eigenvalue weighted by molar-refractivity contribution is 6.08. The van der Waals surface area contributed by atoms with Gasteiger partial charge in [-0.3, -0.25) is 0 Å². The smallest absolute Gasteiger partial charge is 0.172 e. The summed E-state index contributed by atoms with van der Waals surface area (Å²) in [6.45, 7) is 5.14. The van der Waals surface area contributed by atoms with Crippen molar-refractivity contribution in [3.63, 3.8) is 0 Å². The van der Waals surface area contributed by atoms with Gasteiger partial charge in [0.15, 0.2) is 11.6 Å². The van der Waals surface area contributed by atoms with E-state index >= 15 is 0 Å². The number of benzene rings is 3. The van der Waals surface area contributed by atoms with Crippen LogP contribution in [0.25, 0.3) is 21.5 Å². The van der Waals surface area contributed by atoms with Gasteiger partial charge < -0.3 is 9.47 Å². The number of fused-ring (bicyclic) bond motifs is 3. The minimum atomic E-state index is -0.392. The molecule has 0 aliphatic carbocycles. The van der Waals surface area contributed by atoms with Crippen molar-refractivity contribution in [3.05, 3.63) is 53.6 Å². The molecule has 138 valence electrons. The van der Waals surface area contributed by atoms with Crippen LogP contribution in [0.3, 0.4) is 0 Å². The molecule has 0 radical (unpaired) electrons. The van der Waals surface area contributed by atoms with Crippen LogP contribution in [-0.2, 0) is 11.2 Å². The van der Waals surface area contributed by atoms with Crippen LogP contribution in [0, 0.1) is 17.6 Å². The molecule has 0 amide bonds. The molecule has 26 heavy (non-hydrogen) atoms. The molecule has 0 N–H and O–H groups in total. The predicted molar refractivity (Wildman–Crippen MR) is 102 cm³/mol. The molecular weight excluding hydrogens is 334 g/mol. The Balaban J connectivity index is 2.01. The van der Waals surface area contributed by atoms with E-state index in [2.05, 4.69) is 13.8 Å². The molecule has 0 aliphatic rings. The lowest BCUT2D eigenvalue weighted by atomic mass is 9.98. The molecular formula is C22H24F2O2. The molecule has 3 rings (SSSR count). The standard InChI is InChI=1S/C22H24F2O2/c1-14(2)10-13-26-20-9-8-17-16-5-4-15(11-12-25-3)21(23)18(16)6-7-19(17)22(20)24/h4-9,14H,10-13H2,1-3H3. The Bertz CT molecular complexity index is 919. The van der Waals surface area contributed by atoms with Gasteiger partial charge in [-0.15, -0.1) is 0 Å². The number of halogens is 2. The first-order valence-corrected chi connectivity index (χ1v) is 8.97. The fourth-order valence-electron chi connectivity index (χ4n) is 3.09. The number of rotatable bonds is 7. The van der Waals surface area contributed by atoms with E-state index in [9.17, 15) is 8.78 Å². The first kappa shape index (κ1) is 18.6. The minimum absolute atomic E-state index is 0.245. The second kappa shape index (κ2) is 8.00. The number of methoxy groups -OCH3 is 1. The van der Waals surface area contributed by atoms with E-state index in [1.54, 1.807) is 37.4 Å². The molecule has 0 unspecified atom stereocenters. The molecule has 0 saturated heterocycles. The SMILES string of the molecule is COCCc1ccc2c(ccc3c(F)c(OCCC(C)C)ccc32)c1F. The molecule has 3 aromatic carbocycles.